The van der Waals surface area contributed by atoms with E-state index < -0.39 is 12.1 Å². The minimum absolute atomic E-state index is 0.0593. The summed E-state index contributed by atoms with van der Waals surface area (Å²) < 4.78 is 6.11. The second kappa shape index (κ2) is 9.13. The van der Waals surface area contributed by atoms with Gasteiger partial charge in [-0.25, -0.2) is 4.79 Å². The van der Waals surface area contributed by atoms with Crippen LogP contribution in [-0.4, -0.2) is 48.3 Å². The van der Waals surface area contributed by atoms with Crippen molar-refractivity contribution in [3.63, 3.8) is 0 Å². The summed E-state index contributed by atoms with van der Waals surface area (Å²) in [6.07, 6.45) is 5.39. The predicted molar refractivity (Wildman–Crippen MR) is 115 cm³/mol. The van der Waals surface area contributed by atoms with Gasteiger partial charge < -0.3 is 25.8 Å². The molecule has 1 unspecified atom stereocenters. The molecule has 0 bridgehead atoms. The SMILES string of the molecule is NC(=NC(=O)O)C1NCCc2ccc(OCC3CCN(c4ccncc4)CC3)cc21. The van der Waals surface area contributed by atoms with Crippen molar-refractivity contribution in [3.05, 3.63) is 53.9 Å². The lowest BCUT2D eigenvalue weighted by Crippen LogP contribution is -2.39. The summed E-state index contributed by atoms with van der Waals surface area (Å²) in [5, 5.41) is 12.2. The fraction of sp³-hybridized carbons (Fsp3) is 0.409. The Bertz CT molecular complexity index is 910. The molecule has 0 radical (unpaired) electrons. The minimum atomic E-state index is -1.29. The van der Waals surface area contributed by atoms with Gasteiger partial charge in [0.1, 0.15) is 11.6 Å². The largest absolute Gasteiger partial charge is 0.493 e. The minimum Gasteiger partial charge on any atom is -0.493 e. The normalized spacial score (nSPS) is 19.9. The Hall–Kier alpha value is -3.13. The van der Waals surface area contributed by atoms with Crippen LogP contribution >= 0.6 is 0 Å². The van der Waals surface area contributed by atoms with Gasteiger partial charge in [0.25, 0.3) is 0 Å². The van der Waals surface area contributed by atoms with Crippen LogP contribution in [0.3, 0.4) is 0 Å². The number of nitrogens with zero attached hydrogens (tertiary/aromatic N) is 3. The van der Waals surface area contributed by atoms with Gasteiger partial charge in [-0.3, -0.25) is 4.98 Å². The number of aromatic nitrogens is 1. The summed E-state index contributed by atoms with van der Waals surface area (Å²) in [4.78, 5) is 20.8. The van der Waals surface area contributed by atoms with Gasteiger partial charge in [0, 0.05) is 37.7 Å². The molecule has 8 heteroatoms. The molecule has 1 aromatic carbocycles. The number of anilines is 1. The number of piperidine rings is 1. The van der Waals surface area contributed by atoms with Crippen LogP contribution in [-0.2, 0) is 6.42 Å². The lowest BCUT2D eigenvalue weighted by Gasteiger charge is -2.33. The molecule has 1 saturated heterocycles. The maximum atomic E-state index is 10.9. The molecule has 1 aromatic heterocycles. The molecule has 8 nitrogen and oxygen atoms in total. The zero-order valence-electron chi connectivity index (χ0n) is 16.8. The zero-order valence-corrected chi connectivity index (χ0v) is 16.8. The Labute approximate surface area is 175 Å². The van der Waals surface area contributed by atoms with Crippen molar-refractivity contribution in [3.8, 4) is 5.75 Å². The number of carbonyl (C=O) groups is 1. The second-order valence-electron chi connectivity index (χ2n) is 7.76. The van der Waals surface area contributed by atoms with Gasteiger partial charge in [0.2, 0.25) is 0 Å². The van der Waals surface area contributed by atoms with Crippen LogP contribution in [0.15, 0.2) is 47.7 Å². The van der Waals surface area contributed by atoms with Gasteiger partial charge >= 0.3 is 6.09 Å². The molecule has 30 heavy (non-hydrogen) atoms. The van der Waals surface area contributed by atoms with E-state index in [1.54, 1.807) is 0 Å². The van der Waals surface area contributed by atoms with Crippen LogP contribution < -0.4 is 20.7 Å². The third-order valence-electron chi connectivity index (χ3n) is 5.82. The lowest BCUT2D eigenvalue weighted by molar-refractivity contribution is 0.205. The average Bonchev–Trinajstić information content (AvgIpc) is 2.77. The number of ether oxygens (including phenoxy) is 1. The number of pyridine rings is 1. The number of amidine groups is 1. The summed E-state index contributed by atoms with van der Waals surface area (Å²) in [7, 11) is 0. The summed E-state index contributed by atoms with van der Waals surface area (Å²) in [6, 6.07) is 9.68. The van der Waals surface area contributed by atoms with Gasteiger partial charge in [0.15, 0.2) is 0 Å². The van der Waals surface area contributed by atoms with E-state index in [9.17, 15) is 4.79 Å². The summed E-state index contributed by atoms with van der Waals surface area (Å²) in [5.74, 6) is 1.35. The Kier molecular flexibility index (Phi) is 6.13. The predicted octanol–water partition coefficient (Wildman–Crippen LogP) is 2.60. The Morgan fingerprint density at radius 3 is 2.77 bits per heavy atom. The first-order valence-corrected chi connectivity index (χ1v) is 10.3. The summed E-state index contributed by atoms with van der Waals surface area (Å²) in [5.41, 5.74) is 9.22. The van der Waals surface area contributed by atoms with E-state index in [0.29, 0.717) is 12.5 Å². The first-order valence-electron chi connectivity index (χ1n) is 10.3. The van der Waals surface area contributed by atoms with Crippen molar-refractivity contribution < 1.29 is 14.6 Å². The molecule has 4 N–H and O–H groups in total. The molecule has 4 rings (SSSR count). The highest BCUT2D eigenvalue weighted by molar-refractivity contribution is 5.94. The first-order chi connectivity index (χ1) is 14.6. The van der Waals surface area contributed by atoms with E-state index in [2.05, 4.69) is 20.2 Å². The fourth-order valence-corrected chi connectivity index (χ4v) is 4.19. The standard InChI is InChI=1S/C22H27N5O3/c23-21(26-22(28)29)20-19-13-18(2-1-16(19)3-10-25-20)30-14-15-6-11-27(12-7-15)17-4-8-24-9-5-17/h1-2,4-5,8-9,13,15,20,25H,3,6-7,10-12,14H2,(H2,23,26)(H,28,29). The first kappa shape index (κ1) is 20.2. The van der Waals surface area contributed by atoms with Crippen LogP contribution in [0.4, 0.5) is 10.5 Å². The van der Waals surface area contributed by atoms with Gasteiger partial charge in [-0.15, -0.1) is 0 Å². The van der Waals surface area contributed by atoms with Crippen molar-refractivity contribution in [2.45, 2.75) is 25.3 Å². The molecule has 1 atom stereocenters. The molecule has 2 aromatic rings. The third kappa shape index (κ3) is 4.71. The molecule has 0 saturated carbocycles. The van der Waals surface area contributed by atoms with Crippen molar-refractivity contribution in [2.75, 3.05) is 31.1 Å². The van der Waals surface area contributed by atoms with Crippen molar-refractivity contribution in [2.24, 2.45) is 16.6 Å². The molecule has 1 fully saturated rings. The van der Waals surface area contributed by atoms with Gasteiger partial charge in [-0.2, -0.15) is 4.99 Å². The van der Waals surface area contributed by atoms with Crippen molar-refractivity contribution >= 4 is 17.6 Å². The number of carboxylic acid groups (broad SMARTS) is 1. The van der Waals surface area contributed by atoms with Crippen molar-refractivity contribution in [1.82, 2.24) is 10.3 Å². The smallest absolute Gasteiger partial charge is 0.432 e. The number of hydrogen-bond acceptors (Lipinski definition) is 5. The lowest BCUT2D eigenvalue weighted by atomic mass is 9.93. The van der Waals surface area contributed by atoms with E-state index in [4.69, 9.17) is 15.6 Å². The molecule has 0 aliphatic carbocycles. The number of hydrogen-bond donors (Lipinski definition) is 3. The topological polar surface area (TPSA) is 113 Å². The summed E-state index contributed by atoms with van der Waals surface area (Å²) >= 11 is 0. The maximum absolute atomic E-state index is 10.9. The Morgan fingerprint density at radius 1 is 1.27 bits per heavy atom. The van der Waals surface area contributed by atoms with Gasteiger partial charge in [0.05, 0.1) is 12.6 Å². The quantitative estimate of drug-likeness (QED) is 0.514. The highest BCUT2D eigenvalue weighted by atomic mass is 16.5. The number of nitrogens with two attached hydrogens (primary N) is 1. The molecule has 3 heterocycles. The number of benzene rings is 1. The van der Waals surface area contributed by atoms with Crippen LogP contribution in [0, 0.1) is 5.92 Å². The molecule has 2 aliphatic rings. The molecular weight excluding hydrogens is 382 g/mol. The number of fused-ring (bicyclic) bond motifs is 1. The molecule has 1 amide bonds. The van der Waals surface area contributed by atoms with Crippen LogP contribution in [0.1, 0.15) is 30.0 Å². The van der Waals surface area contributed by atoms with E-state index in [-0.39, 0.29) is 5.84 Å². The second-order valence-corrected chi connectivity index (χ2v) is 7.76. The molecule has 0 spiro atoms. The highest BCUT2D eigenvalue weighted by Crippen LogP contribution is 2.29. The maximum Gasteiger partial charge on any atom is 0.432 e. The van der Waals surface area contributed by atoms with Crippen molar-refractivity contribution in [1.29, 1.82) is 0 Å². The third-order valence-corrected chi connectivity index (χ3v) is 5.82. The fourth-order valence-electron chi connectivity index (χ4n) is 4.19. The zero-order chi connectivity index (χ0) is 20.9. The number of amides is 1. The van der Waals surface area contributed by atoms with Crippen LogP contribution in [0.25, 0.3) is 0 Å². The monoisotopic (exact) mass is 409 g/mol. The molecule has 158 valence electrons. The highest BCUT2D eigenvalue weighted by Gasteiger charge is 2.25. The van der Waals surface area contributed by atoms with E-state index in [0.717, 1.165) is 55.8 Å². The van der Waals surface area contributed by atoms with Gasteiger partial charge in [-0.05, 0) is 60.6 Å². The average molecular weight is 409 g/mol. The van der Waals surface area contributed by atoms with E-state index in [1.807, 2.05) is 42.7 Å². The number of rotatable bonds is 5. The van der Waals surface area contributed by atoms with Crippen LogP contribution in [0.2, 0.25) is 0 Å². The molecular formula is C22H27N5O3. The Balaban J connectivity index is 1.36. The Morgan fingerprint density at radius 2 is 2.03 bits per heavy atom. The van der Waals surface area contributed by atoms with E-state index >= 15 is 0 Å². The summed E-state index contributed by atoms with van der Waals surface area (Å²) in [6.45, 7) is 3.41. The number of aliphatic imine (C=N–C) groups is 1. The van der Waals surface area contributed by atoms with Gasteiger partial charge in [-0.1, -0.05) is 6.07 Å². The molecule has 2 aliphatic heterocycles. The van der Waals surface area contributed by atoms with Crippen LogP contribution in [0.5, 0.6) is 5.75 Å². The van der Waals surface area contributed by atoms with E-state index in [1.165, 1.54) is 5.69 Å². The number of nitrogens with one attached hydrogen (secondary N) is 1.